The highest BCUT2D eigenvalue weighted by atomic mass is 35.5. The van der Waals surface area contributed by atoms with Crippen molar-refractivity contribution in [2.45, 2.75) is 12.6 Å². The monoisotopic (exact) mass is 487 g/mol. The van der Waals surface area contributed by atoms with E-state index in [9.17, 15) is 9.90 Å². The third kappa shape index (κ3) is 5.93. The maximum absolute atomic E-state index is 12.4. The van der Waals surface area contributed by atoms with Gasteiger partial charge in [0.2, 0.25) is 11.9 Å². The molecular weight excluding hydrogens is 462 g/mol. The van der Waals surface area contributed by atoms with Gasteiger partial charge in [-0.2, -0.15) is 10.1 Å². The molecule has 12 heteroatoms. The number of aliphatic hydroxyl groups excluding tert-OH is 1. The second-order valence-electron chi connectivity index (χ2n) is 7.59. The maximum Gasteiger partial charge on any atom is 0.244 e. The van der Waals surface area contributed by atoms with Crippen LogP contribution in [0.4, 0.5) is 17.5 Å². The largest absolute Gasteiger partial charge is 0.497 e. The Morgan fingerprint density at radius 1 is 1.32 bits per heavy atom. The minimum atomic E-state index is -0.454. The van der Waals surface area contributed by atoms with Crippen LogP contribution in [0.3, 0.4) is 0 Å². The molecule has 0 bridgehead atoms. The van der Waals surface area contributed by atoms with Gasteiger partial charge >= 0.3 is 0 Å². The van der Waals surface area contributed by atoms with Gasteiger partial charge in [0.25, 0.3) is 0 Å². The fourth-order valence-corrected chi connectivity index (χ4v) is 3.63. The first-order valence-corrected chi connectivity index (χ1v) is 11.1. The van der Waals surface area contributed by atoms with Crippen molar-refractivity contribution in [2.75, 3.05) is 50.7 Å². The number of benzene rings is 1. The number of nitrogens with zero attached hydrogens (tertiary/aromatic N) is 5. The lowest BCUT2D eigenvalue weighted by Crippen LogP contribution is -2.42. The summed E-state index contributed by atoms with van der Waals surface area (Å²) in [4.78, 5) is 22.8. The van der Waals surface area contributed by atoms with E-state index in [1.165, 1.54) is 6.20 Å². The normalized spacial score (nSPS) is 14.5. The van der Waals surface area contributed by atoms with Crippen LogP contribution in [-0.4, -0.2) is 75.7 Å². The molecule has 4 rings (SSSR count). The number of ether oxygens (including phenoxy) is 2. The van der Waals surface area contributed by atoms with Crippen LogP contribution in [0.25, 0.3) is 0 Å². The number of halogens is 1. The molecule has 1 saturated heterocycles. The second-order valence-corrected chi connectivity index (χ2v) is 8.00. The molecule has 2 aromatic heterocycles. The van der Waals surface area contributed by atoms with Gasteiger partial charge in [-0.05, 0) is 17.7 Å². The average Bonchev–Trinajstić information content (AvgIpc) is 3.31. The molecule has 1 unspecified atom stereocenters. The first-order valence-electron chi connectivity index (χ1n) is 10.7. The maximum atomic E-state index is 12.4. The fourth-order valence-electron chi connectivity index (χ4n) is 3.48. The second kappa shape index (κ2) is 11.1. The number of methoxy groups -OCH3 is 1. The van der Waals surface area contributed by atoms with E-state index in [0.717, 1.165) is 5.56 Å². The van der Waals surface area contributed by atoms with Crippen LogP contribution >= 0.6 is 11.6 Å². The Morgan fingerprint density at radius 2 is 2.15 bits per heavy atom. The van der Waals surface area contributed by atoms with E-state index < -0.39 is 6.04 Å². The number of aliphatic hydroxyl groups is 1. The molecule has 1 atom stereocenters. The molecule has 0 radical (unpaired) electrons. The summed E-state index contributed by atoms with van der Waals surface area (Å²) in [5.74, 6) is 1.31. The number of anilines is 3. The van der Waals surface area contributed by atoms with E-state index in [0.29, 0.717) is 48.6 Å². The standard InChI is InChI=1S/C22H26ClN7O4/c1-33-17-4-2-3-15(9-17)19(14-31)27-21-18(23)11-24-22(28-21)26-16-10-25-30(12-16)13-20(32)29-5-7-34-8-6-29/h2-4,9-12,19,31H,5-8,13-14H2,1H3,(H2,24,26,27,28). The average molecular weight is 488 g/mol. The number of carbonyl (C=O) groups is 1. The van der Waals surface area contributed by atoms with Crippen molar-refractivity contribution in [1.29, 1.82) is 0 Å². The predicted octanol–water partition coefficient (Wildman–Crippen LogP) is 2.08. The van der Waals surface area contributed by atoms with E-state index in [4.69, 9.17) is 21.1 Å². The Labute approximate surface area is 201 Å². The summed E-state index contributed by atoms with van der Waals surface area (Å²) in [6.07, 6.45) is 4.76. The number of rotatable bonds is 9. The van der Waals surface area contributed by atoms with Crippen molar-refractivity contribution in [2.24, 2.45) is 0 Å². The lowest BCUT2D eigenvalue weighted by Gasteiger charge is -2.26. The number of hydrogen-bond acceptors (Lipinski definition) is 9. The minimum Gasteiger partial charge on any atom is -0.497 e. The lowest BCUT2D eigenvalue weighted by atomic mass is 10.1. The van der Waals surface area contributed by atoms with Crippen molar-refractivity contribution >= 4 is 35.0 Å². The summed E-state index contributed by atoms with van der Waals surface area (Å²) >= 11 is 6.29. The van der Waals surface area contributed by atoms with Gasteiger partial charge in [-0.15, -0.1) is 0 Å². The molecule has 1 aliphatic rings. The molecular formula is C22H26ClN7O4. The smallest absolute Gasteiger partial charge is 0.244 e. The van der Waals surface area contributed by atoms with Crippen LogP contribution in [0.1, 0.15) is 11.6 Å². The van der Waals surface area contributed by atoms with E-state index in [1.54, 1.807) is 29.1 Å². The van der Waals surface area contributed by atoms with E-state index in [2.05, 4.69) is 25.7 Å². The SMILES string of the molecule is COc1cccc(C(CO)Nc2nc(Nc3cnn(CC(=O)N4CCOCC4)c3)ncc2Cl)c1. The van der Waals surface area contributed by atoms with E-state index in [1.807, 2.05) is 24.3 Å². The highest BCUT2D eigenvalue weighted by Crippen LogP contribution is 2.27. The van der Waals surface area contributed by atoms with Crippen LogP contribution in [0.2, 0.25) is 5.02 Å². The zero-order valence-corrected chi connectivity index (χ0v) is 19.4. The van der Waals surface area contributed by atoms with E-state index >= 15 is 0 Å². The summed E-state index contributed by atoms with van der Waals surface area (Å²) in [5, 5.41) is 20.7. The van der Waals surface area contributed by atoms with Gasteiger partial charge in [0.05, 0.1) is 51.1 Å². The Bertz CT molecular complexity index is 1120. The van der Waals surface area contributed by atoms with Crippen molar-refractivity contribution in [3.05, 3.63) is 53.4 Å². The molecule has 11 nitrogen and oxygen atoms in total. The van der Waals surface area contributed by atoms with Crippen LogP contribution in [0.15, 0.2) is 42.9 Å². The predicted molar refractivity (Wildman–Crippen MR) is 126 cm³/mol. The first-order chi connectivity index (χ1) is 16.6. The minimum absolute atomic E-state index is 0.0141. The summed E-state index contributed by atoms with van der Waals surface area (Å²) in [6.45, 7) is 2.23. The third-order valence-corrected chi connectivity index (χ3v) is 5.56. The molecule has 34 heavy (non-hydrogen) atoms. The molecule has 1 amide bonds. The van der Waals surface area contributed by atoms with Gasteiger partial charge < -0.3 is 30.1 Å². The topological polar surface area (TPSA) is 127 Å². The molecule has 0 spiro atoms. The number of carbonyl (C=O) groups excluding carboxylic acids is 1. The van der Waals surface area contributed by atoms with Gasteiger partial charge in [0.1, 0.15) is 17.3 Å². The number of nitrogens with one attached hydrogen (secondary N) is 2. The summed E-state index contributed by atoms with van der Waals surface area (Å²) < 4.78 is 12.1. The highest BCUT2D eigenvalue weighted by Gasteiger charge is 2.18. The number of amides is 1. The number of hydrogen-bond donors (Lipinski definition) is 3. The summed E-state index contributed by atoms with van der Waals surface area (Å²) in [6, 6.07) is 6.91. The lowest BCUT2D eigenvalue weighted by molar-refractivity contribution is -0.136. The Kier molecular flexibility index (Phi) is 7.78. The molecule has 0 saturated carbocycles. The third-order valence-electron chi connectivity index (χ3n) is 5.28. The Hall–Kier alpha value is -3.41. The van der Waals surface area contributed by atoms with Gasteiger partial charge in [-0.25, -0.2) is 4.98 Å². The van der Waals surface area contributed by atoms with Gasteiger partial charge in [-0.1, -0.05) is 23.7 Å². The van der Waals surface area contributed by atoms with Crippen molar-refractivity contribution in [3.8, 4) is 5.75 Å². The fraction of sp³-hybridized carbons (Fsp3) is 0.364. The van der Waals surface area contributed by atoms with Gasteiger partial charge in [0, 0.05) is 19.3 Å². The van der Waals surface area contributed by atoms with Crippen LogP contribution in [-0.2, 0) is 16.1 Å². The summed E-state index contributed by atoms with van der Waals surface area (Å²) in [5.41, 5.74) is 1.44. The van der Waals surface area contributed by atoms with E-state index in [-0.39, 0.29) is 25.0 Å². The Balaban J connectivity index is 1.42. The molecule has 3 N–H and O–H groups in total. The van der Waals surface area contributed by atoms with Gasteiger partial charge in [0.15, 0.2) is 5.82 Å². The highest BCUT2D eigenvalue weighted by molar-refractivity contribution is 6.32. The quantitative estimate of drug-likeness (QED) is 0.415. The van der Waals surface area contributed by atoms with Crippen molar-refractivity contribution in [3.63, 3.8) is 0 Å². The number of aromatic nitrogens is 4. The van der Waals surface area contributed by atoms with Gasteiger partial charge in [-0.3, -0.25) is 9.48 Å². The van der Waals surface area contributed by atoms with Crippen molar-refractivity contribution < 1.29 is 19.4 Å². The van der Waals surface area contributed by atoms with Crippen LogP contribution in [0, 0.1) is 0 Å². The zero-order chi connectivity index (χ0) is 23.9. The molecule has 1 fully saturated rings. The van der Waals surface area contributed by atoms with Crippen LogP contribution < -0.4 is 15.4 Å². The molecule has 3 aromatic rings. The number of morpholine rings is 1. The van der Waals surface area contributed by atoms with Crippen molar-refractivity contribution in [1.82, 2.24) is 24.6 Å². The molecule has 180 valence electrons. The molecule has 3 heterocycles. The first kappa shape index (κ1) is 23.7. The Morgan fingerprint density at radius 3 is 2.91 bits per heavy atom. The summed E-state index contributed by atoms with van der Waals surface area (Å²) in [7, 11) is 1.58. The zero-order valence-electron chi connectivity index (χ0n) is 18.6. The van der Waals surface area contributed by atoms with Crippen LogP contribution in [0.5, 0.6) is 5.75 Å². The molecule has 1 aliphatic heterocycles. The molecule has 1 aromatic carbocycles. The molecule has 0 aliphatic carbocycles.